The summed E-state index contributed by atoms with van der Waals surface area (Å²) in [6.45, 7) is 1.27. The lowest BCUT2D eigenvalue weighted by molar-refractivity contribution is -0.121. The Hall–Kier alpha value is -4.00. The van der Waals surface area contributed by atoms with E-state index in [-0.39, 0.29) is 29.5 Å². The Balaban J connectivity index is 1.33. The minimum absolute atomic E-state index is 0.167. The molecule has 4 rings (SSSR count). The molecule has 0 spiro atoms. The van der Waals surface area contributed by atoms with E-state index in [9.17, 15) is 18.8 Å². The van der Waals surface area contributed by atoms with Crippen LogP contribution in [0.4, 0.5) is 10.1 Å². The van der Waals surface area contributed by atoms with E-state index in [2.05, 4.69) is 10.6 Å². The monoisotopic (exact) mass is 459 g/mol. The van der Waals surface area contributed by atoms with Gasteiger partial charge in [0.25, 0.3) is 11.8 Å². The number of para-hydroxylation sites is 1. The SMILES string of the molecule is O=C(NCc1ccccc1)c1ccccc1NC(=O)C1CCN(C(=O)c2ccc(F)cc2)CC1. The number of hydrogen-bond acceptors (Lipinski definition) is 3. The Bertz CT molecular complexity index is 1160. The molecular weight excluding hydrogens is 433 g/mol. The van der Waals surface area contributed by atoms with Gasteiger partial charge >= 0.3 is 0 Å². The summed E-state index contributed by atoms with van der Waals surface area (Å²) in [5.74, 6) is -1.25. The topological polar surface area (TPSA) is 78.5 Å². The van der Waals surface area contributed by atoms with Gasteiger partial charge in [0.1, 0.15) is 5.82 Å². The van der Waals surface area contributed by atoms with E-state index in [0.29, 0.717) is 49.3 Å². The largest absolute Gasteiger partial charge is 0.348 e. The van der Waals surface area contributed by atoms with Crippen molar-refractivity contribution in [2.24, 2.45) is 5.92 Å². The number of halogens is 1. The number of piperidine rings is 1. The summed E-state index contributed by atoms with van der Waals surface area (Å²) < 4.78 is 13.1. The first-order chi connectivity index (χ1) is 16.5. The third-order valence-electron chi connectivity index (χ3n) is 5.97. The van der Waals surface area contributed by atoms with Crippen molar-refractivity contribution < 1.29 is 18.8 Å². The van der Waals surface area contributed by atoms with Crippen LogP contribution < -0.4 is 10.6 Å². The van der Waals surface area contributed by atoms with Crippen molar-refractivity contribution in [2.75, 3.05) is 18.4 Å². The van der Waals surface area contributed by atoms with Crippen molar-refractivity contribution in [1.82, 2.24) is 10.2 Å². The van der Waals surface area contributed by atoms with Crippen LogP contribution in [0.2, 0.25) is 0 Å². The molecule has 1 fully saturated rings. The Labute approximate surface area is 197 Å². The molecule has 6 nitrogen and oxygen atoms in total. The number of carbonyl (C=O) groups excluding carboxylic acids is 3. The highest BCUT2D eigenvalue weighted by atomic mass is 19.1. The van der Waals surface area contributed by atoms with Crippen LogP contribution in [0, 0.1) is 11.7 Å². The summed E-state index contributed by atoms with van der Waals surface area (Å²) in [6.07, 6.45) is 1.03. The van der Waals surface area contributed by atoms with E-state index in [4.69, 9.17) is 0 Å². The Morgan fingerprint density at radius 2 is 1.50 bits per heavy atom. The van der Waals surface area contributed by atoms with Crippen LogP contribution in [-0.4, -0.2) is 35.7 Å². The standard InChI is InChI=1S/C27H26FN3O3/c28-22-12-10-21(11-13-22)27(34)31-16-14-20(15-17-31)25(32)30-24-9-5-4-8-23(24)26(33)29-18-19-6-2-1-3-7-19/h1-13,20H,14-18H2,(H,29,33)(H,30,32). The van der Waals surface area contributed by atoms with Gasteiger partial charge in [0, 0.05) is 31.1 Å². The van der Waals surface area contributed by atoms with Gasteiger partial charge in [-0.3, -0.25) is 14.4 Å². The van der Waals surface area contributed by atoms with E-state index in [0.717, 1.165) is 5.56 Å². The van der Waals surface area contributed by atoms with E-state index < -0.39 is 0 Å². The Kier molecular flexibility index (Phi) is 7.32. The maximum absolute atomic E-state index is 13.1. The molecule has 3 amide bonds. The number of nitrogens with zero attached hydrogens (tertiary/aromatic N) is 1. The first-order valence-electron chi connectivity index (χ1n) is 11.3. The molecule has 0 atom stereocenters. The molecule has 34 heavy (non-hydrogen) atoms. The summed E-state index contributed by atoms with van der Waals surface area (Å²) in [5.41, 5.74) is 2.28. The van der Waals surface area contributed by atoms with Crippen LogP contribution in [0.5, 0.6) is 0 Å². The first-order valence-corrected chi connectivity index (χ1v) is 11.3. The van der Waals surface area contributed by atoms with Crippen molar-refractivity contribution in [1.29, 1.82) is 0 Å². The molecule has 0 aliphatic carbocycles. The molecule has 174 valence electrons. The van der Waals surface area contributed by atoms with Crippen molar-refractivity contribution in [3.8, 4) is 0 Å². The third kappa shape index (κ3) is 5.67. The first kappa shape index (κ1) is 23.2. The normalized spacial score (nSPS) is 13.9. The summed E-state index contributed by atoms with van der Waals surface area (Å²) >= 11 is 0. The summed E-state index contributed by atoms with van der Waals surface area (Å²) in [5, 5.41) is 5.78. The number of amides is 3. The minimum Gasteiger partial charge on any atom is -0.348 e. The smallest absolute Gasteiger partial charge is 0.253 e. The predicted octanol–water partition coefficient (Wildman–Crippen LogP) is 4.25. The predicted molar refractivity (Wildman–Crippen MR) is 128 cm³/mol. The summed E-state index contributed by atoms with van der Waals surface area (Å²) in [7, 11) is 0. The molecule has 0 radical (unpaired) electrons. The van der Waals surface area contributed by atoms with Gasteiger partial charge in [-0.05, 0) is 54.8 Å². The second-order valence-corrected chi connectivity index (χ2v) is 8.28. The highest BCUT2D eigenvalue weighted by molar-refractivity contribution is 6.04. The van der Waals surface area contributed by atoms with Crippen molar-refractivity contribution >= 4 is 23.4 Å². The highest BCUT2D eigenvalue weighted by Crippen LogP contribution is 2.23. The molecular formula is C27H26FN3O3. The second kappa shape index (κ2) is 10.7. The fourth-order valence-corrected chi connectivity index (χ4v) is 4.02. The lowest BCUT2D eigenvalue weighted by Gasteiger charge is -2.31. The average Bonchev–Trinajstić information content (AvgIpc) is 2.88. The van der Waals surface area contributed by atoms with Gasteiger partial charge < -0.3 is 15.5 Å². The summed E-state index contributed by atoms with van der Waals surface area (Å²) in [4.78, 5) is 40.0. The quantitative estimate of drug-likeness (QED) is 0.579. The Morgan fingerprint density at radius 3 is 2.21 bits per heavy atom. The van der Waals surface area contributed by atoms with Crippen LogP contribution in [0.15, 0.2) is 78.9 Å². The zero-order chi connectivity index (χ0) is 23.9. The average molecular weight is 460 g/mol. The molecule has 3 aromatic rings. The molecule has 3 aromatic carbocycles. The second-order valence-electron chi connectivity index (χ2n) is 8.28. The third-order valence-corrected chi connectivity index (χ3v) is 5.97. The maximum Gasteiger partial charge on any atom is 0.253 e. The highest BCUT2D eigenvalue weighted by Gasteiger charge is 2.28. The minimum atomic E-state index is -0.388. The number of rotatable bonds is 6. The molecule has 0 unspecified atom stereocenters. The molecule has 0 bridgehead atoms. The zero-order valence-corrected chi connectivity index (χ0v) is 18.7. The molecule has 1 aliphatic rings. The Morgan fingerprint density at radius 1 is 0.853 bits per heavy atom. The van der Waals surface area contributed by atoms with Gasteiger partial charge in [0.15, 0.2) is 0 Å². The molecule has 1 heterocycles. The van der Waals surface area contributed by atoms with Crippen molar-refractivity contribution in [3.05, 3.63) is 101 Å². The van der Waals surface area contributed by atoms with Gasteiger partial charge in [-0.15, -0.1) is 0 Å². The molecule has 1 saturated heterocycles. The van der Waals surface area contributed by atoms with E-state index in [1.165, 1.54) is 24.3 Å². The lowest BCUT2D eigenvalue weighted by atomic mass is 9.95. The van der Waals surface area contributed by atoms with Gasteiger partial charge in [0.05, 0.1) is 11.3 Å². The number of likely N-dealkylation sites (tertiary alicyclic amines) is 1. The molecule has 7 heteroatoms. The summed E-state index contributed by atoms with van der Waals surface area (Å²) in [6, 6.07) is 22.0. The van der Waals surface area contributed by atoms with Crippen molar-refractivity contribution in [3.63, 3.8) is 0 Å². The zero-order valence-electron chi connectivity index (χ0n) is 18.7. The molecule has 2 N–H and O–H groups in total. The van der Waals surface area contributed by atoms with Crippen LogP contribution in [0.25, 0.3) is 0 Å². The van der Waals surface area contributed by atoms with Crippen LogP contribution in [-0.2, 0) is 11.3 Å². The van der Waals surface area contributed by atoms with Gasteiger partial charge in [-0.25, -0.2) is 4.39 Å². The van der Waals surface area contributed by atoms with E-state index in [1.807, 2.05) is 30.3 Å². The van der Waals surface area contributed by atoms with Gasteiger partial charge in [-0.1, -0.05) is 42.5 Å². The van der Waals surface area contributed by atoms with E-state index >= 15 is 0 Å². The number of hydrogen-bond donors (Lipinski definition) is 2. The van der Waals surface area contributed by atoms with E-state index in [1.54, 1.807) is 29.2 Å². The number of nitrogens with one attached hydrogen (secondary N) is 2. The number of anilines is 1. The maximum atomic E-state index is 13.1. The van der Waals surface area contributed by atoms with Gasteiger partial charge in [-0.2, -0.15) is 0 Å². The fraction of sp³-hybridized carbons (Fsp3) is 0.222. The van der Waals surface area contributed by atoms with Crippen LogP contribution in [0.3, 0.4) is 0 Å². The van der Waals surface area contributed by atoms with Crippen molar-refractivity contribution in [2.45, 2.75) is 19.4 Å². The number of benzene rings is 3. The van der Waals surface area contributed by atoms with Crippen LogP contribution >= 0.6 is 0 Å². The molecule has 1 aliphatic heterocycles. The molecule has 0 saturated carbocycles. The number of carbonyl (C=O) groups is 3. The van der Waals surface area contributed by atoms with Gasteiger partial charge in [0.2, 0.25) is 5.91 Å². The molecule has 0 aromatic heterocycles. The lowest BCUT2D eigenvalue weighted by Crippen LogP contribution is -2.41. The van der Waals surface area contributed by atoms with Crippen LogP contribution in [0.1, 0.15) is 39.1 Å². The fourth-order valence-electron chi connectivity index (χ4n) is 4.02.